The molecule has 1 N–H and O–H groups in total. The van der Waals surface area contributed by atoms with E-state index in [0.29, 0.717) is 0 Å². The highest BCUT2D eigenvalue weighted by Crippen LogP contribution is 2.23. The van der Waals surface area contributed by atoms with Crippen molar-refractivity contribution in [3.8, 4) is 0 Å². The van der Waals surface area contributed by atoms with Crippen molar-refractivity contribution in [1.29, 1.82) is 0 Å². The summed E-state index contributed by atoms with van der Waals surface area (Å²) in [5, 5.41) is 3.54. The van der Waals surface area contributed by atoms with Crippen molar-refractivity contribution in [2.75, 3.05) is 13.1 Å². The summed E-state index contributed by atoms with van der Waals surface area (Å²) in [5.74, 6) is 1.90. The smallest absolute Gasteiger partial charge is 0.00180 e. The van der Waals surface area contributed by atoms with Crippen LogP contribution in [0.3, 0.4) is 0 Å². The Balaban J connectivity index is 2.26. The molecular formula is C11H23N. The zero-order valence-electron chi connectivity index (χ0n) is 8.60. The molecule has 2 unspecified atom stereocenters. The lowest BCUT2D eigenvalue weighted by Crippen LogP contribution is -2.23. The van der Waals surface area contributed by atoms with Gasteiger partial charge in [0.25, 0.3) is 0 Å². The molecule has 2 atom stereocenters. The number of nitrogens with one attached hydrogen (secondary N) is 1. The minimum absolute atomic E-state index is 0.951. The Kier molecular flexibility index (Phi) is 4.67. The molecule has 0 saturated carbocycles. The summed E-state index contributed by atoms with van der Waals surface area (Å²) in [5.41, 5.74) is 0. The zero-order chi connectivity index (χ0) is 8.81. The van der Waals surface area contributed by atoms with Gasteiger partial charge in [-0.05, 0) is 44.2 Å². The molecule has 0 aliphatic carbocycles. The third-order valence-corrected chi connectivity index (χ3v) is 3.15. The largest absolute Gasteiger partial charge is 0.316 e. The second kappa shape index (κ2) is 5.58. The minimum Gasteiger partial charge on any atom is -0.316 e. The van der Waals surface area contributed by atoms with Gasteiger partial charge < -0.3 is 5.32 Å². The predicted octanol–water partition coefficient (Wildman–Crippen LogP) is 2.81. The number of rotatable bonds is 3. The van der Waals surface area contributed by atoms with Crippen LogP contribution >= 0.6 is 0 Å². The molecule has 1 rings (SSSR count). The molecule has 0 radical (unpaired) electrons. The van der Waals surface area contributed by atoms with Crippen molar-refractivity contribution in [2.24, 2.45) is 11.8 Å². The molecule has 0 amide bonds. The average molecular weight is 169 g/mol. The topological polar surface area (TPSA) is 12.0 Å². The molecule has 1 heteroatoms. The van der Waals surface area contributed by atoms with Crippen LogP contribution in [0.4, 0.5) is 0 Å². The van der Waals surface area contributed by atoms with E-state index in [1.54, 1.807) is 0 Å². The first-order valence-corrected chi connectivity index (χ1v) is 5.55. The van der Waals surface area contributed by atoms with Crippen molar-refractivity contribution < 1.29 is 0 Å². The van der Waals surface area contributed by atoms with Gasteiger partial charge in [-0.15, -0.1) is 0 Å². The lowest BCUT2D eigenvalue weighted by atomic mass is 9.87. The van der Waals surface area contributed by atoms with Crippen molar-refractivity contribution in [3.63, 3.8) is 0 Å². The van der Waals surface area contributed by atoms with Gasteiger partial charge in [0, 0.05) is 0 Å². The van der Waals surface area contributed by atoms with E-state index in [2.05, 4.69) is 19.2 Å². The Morgan fingerprint density at radius 3 is 3.00 bits per heavy atom. The van der Waals surface area contributed by atoms with Crippen LogP contribution in [0.5, 0.6) is 0 Å². The van der Waals surface area contributed by atoms with Gasteiger partial charge in [0.05, 0.1) is 0 Å². The molecule has 0 aromatic carbocycles. The maximum atomic E-state index is 3.54. The number of hydrogen-bond donors (Lipinski definition) is 1. The van der Waals surface area contributed by atoms with Crippen LogP contribution in [0, 0.1) is 11.8 Å². The van der Waals surface area contributed by atoms with Gasteiger partial charge >= 0.3 is 0 Å². The van der Waals surface area contributed by atoms with Gasteiger partial charge in [-0.1, -0.05) is 26.7 Å². The molecule has 1 nitrogen and oxygen atoms in total. The van der Waals surface area contributed by atoms with Gasteiger partial charge in [-0.2, -0.15) is 0 Å². The Labute approximate surface area is 76.9 Å². The van der Waals surface area contributed by atoms with Crippen molar-refractivity contribution in [1.82, 2.24) is 5.32 Å². The highest BCUT2D eigenvalue weighted by atomic mass is 14.9. The molecule has 0 aromatic heterocycles. The fourth-order valence-corrected chi connectivity index (χ4v) is 2.13. The molecular weight excluding hydrogens is 146 g/mol. The molecule has 1 saturated heterocycles. The van der Waals surface area contributed by atoms with Gasteiger partial charge in [-0.25, -0.2) is 0 Å². The zero-order valence-corrected chi connectivity index (χ0v) is 8.60. The van der Waals surface area contributed by atoms with Crippen LogP contribution in [0.15, 0.2) is 0 Å². The Morgan fingerprint density at radius 2 is 2.25 bits per heavy atom. The molecule has 0 spiro atoms. The second-order valence-electron chi connectivity index (χ2n) is 4.23. The van der Waals surface area contributed by atoms with E-state index in [-0.39, 0.29) is 0 Å². The predicted molar refractivity (Wildman–Crippen MR) is 54.3 cm³/mol. The molecule has 1 aliphatic heterocycles. The van der Waals surface area contributed by atoms with Crippen molar-refractivity contribution in [3.05, 3.63) is 0 Å². The first-order chi connectivity index (χ1) is 5.84. The normalized spacial score (nSPS) is 31.5. The van der Waals surface area contributed by atoms with Gasteiger partial charge in [0.2, 0.25) is 0 Å². The molecule has 1 aliphatic rings. The summed E-state index contributed by atoms with van der Waals surface area (Å²) < 4.78 is 0. The quantitative estimate of drug-likeness (QED) is 0.685. The van der Waals surface area contributed by atoms with E-state index >= 15 is 0 Å². The average Bonchev–Trinajstić information content (AvgIpc) is 2.27. The van der Waals surface area contributed by atoms with E-state index in [1.807, 2.05) is 0 Å². The molecule has 1 heterocycles. The Morgan fingerprint density at radius 1 is 1.42 bits per heavy atom. The fraction of sp³-hybridized carbons (Fsp3) is 1.00. The second-order valence-corrected chi connectivity index (χ2v) is 4.23. The fourth-order valence-electron chi connectivity index (χ4n) is 2.13. The SMILES string of the molecule is CCCCC1CNCCCC1C. The molecule has 12 heavy (non-hydrogen) atoms. The van der Waals surface area contributed by atoms with E-state index in [0.717, 1.165) is 11.8 Å². The summed E-state index contributed by atoms with van der Waals surface area (Å²) in [6.45, 7) is 7.22. The maximum absolute atomic E-state index is 3.54. The Bertz CT molecular complexity index is 112. The van der Waals surface area contributed by atoms with E-state index < -0.39 is 0 Å². The van der Waals surface area contributed by atoms with Crippen LogP contribution in [0.2, 0.25) is 0 Å². The first-order valence-electron chi connectivity index (χ1n) is 5.55. The molecule has 0 bridgehead atoms. The lowest BCUT2D eigenvalue weighted by molar-refractivity contribution is 0.325. The highest BCUT2D eigenvalue weighted by molar-refractivity contribution is 4.73. The summed E-state index contributed by atoms with van der Waals surface area (Å²) in [4.78, 5) is 0. The first kappa shape index (κ1) is 10.0. The van der Waals surface area contributed by atoms with Crippen molar-refractivity contribution >= 4 is 0 Å². The van der Waals surface area contributed by atoms with Gasteiger partial charge in [-0.3, -0.25) is 0 Å². The number of hydrogen-bond acceptors (Lipinski definition) is 1. The van der Waals surface area contributed by atoms with E-state index in [1.165, 1.54) is 45.2 Å². The van der Waals surface area contributed by atoms with E-state index in [4.69, 9.17) is 0 Å². The van der Waals surface area contributed by atoms with Gasteiger partial charge in [0.1, 0.15) is 0 Å². The number of unbranched alkanes of at least 4 members (excludes halogenated alkanes) is 1. The summed E-state index contributed by atoms with van der Waals surface area (Å²) in [7, 11) is 0. The lowest BCUT2D eigenvalue weighted by Gasteiger charge is -2.20. The maximum Gasteiger partial charge on any atom is -0.00180 e. The minimum atomic E-state index is 0.951. The monoisotopic (exact) mass is 169 g/mol. The summed E-state index contributed by atoms with van der Waals surface area (Å²) in [6.07, 6.45) is 7.01. The summed E-state index contributed by atoms with van der Waals surface area (Å²) in [6, 6.07) is 0. The van der Waals surface area contributed by atoms with Crippen molar-refractivity contribution in [2.45, 2.75) is 46.0 Å². The Hall–Kier alpha value is -0.0400. The molecule has 0 aromatic rings. The molecule has 1 fully saturated rings. The third kappa shape index (κ3) is 3.14. The van der Waals surface area contributed by atoms with Crippen LogP contribution < -0.4 is 5.32 Å². The van der Waals surface area contributed by atoms with Crippen LogP contribution in [0.25, 0.3) is 0 Å². The molecule has 72 valence electrons. The van der Waals surface area contributed by atoms with Crippen LogP contribution in [-0.4, -0.2) is 13.1 Å². The standard InChI is InChI=1S/C11H23N/c1-3-4-7-11-9-12-8-5-6-10(11)2/h10-12H,3-9H2,1-2H3. The van der Waals surface area contributed by atoms with Gasteiger partial charge in [0.15, 0.2) is 0 Å². The summed E-state index contributed by atoms with van der Waals surface area (Å²) >= 11 is 0. The van der Waals surface area contributed by atoms with Crippen LogP contribution in [0.1, 0.15) is 46.0 Å². The van der Waals surface area contributed by atoms with E-state index in [9.17, 15) is 0 Å². The highest BCUT2D eigenvalue weighted by Gasteiger charge is 2.18. The van der Waals surface area contributed by atoms with Crippen LogP contribution in [-0.2, 0) is 0 Å². The third-order valence-electron chi connectivity index (χ3n) is 3.15.